The molecule has 0 fully saturated rings. The largest absolute Gasteiger partial charge is 0.481 e. The SMILES string of the molecule is CCC(C/C=C/CCC(CC(C)c1ccc(S(=O)(=O)O)cc1)C(=O)O)c1ccccc1. The van der Waals surface area contributed by atoms with Gasteiger partial charge in [-0.2, -0.15) is 8.42 Å². The van der Waals surface area contributed by atoms with Gasteiger partial charge in [0.25, 0.3) is 10.1 Å². The summed E-state index contributed by atoms with van der Waals surface area (Å²) in [5.41, 5.74) is 2.18. The van der Waals surface area contributed by atoms with E-state index in [0.29, 0.717) is 25.2 Å². The number of aliphatic carboxylic acids is 1. The zero-order chi connectivity index (χ0) is 22.9. The van der Waals surface area contributed by atoms with Gasteiger partial charge >= 0.3 is 5.97 Å². The van der Waals surface area contributed by atoms with Crippen molar-refractivity contribution in [1.82, 2.24) is 0 Å². The molecule has 0 saturated carbocycles. The molecule has 0 radical (unpaired) electrons. The van der Waals surface area contributed by atoms with Gasteiger partial charge in [-0.1, -0.05) is 68.5 Å². The van der Waals surface area contributed by atoms with Crippen LogP contribution in [0.5, 0.6) is 0 Å². The molecule has 3 unspecified atom stereocenters. The average Bonchev–Trinajstić information content (AvgIpc) is 2.75. The van der Waals surface area contributed by atoms with Gasteiger partial charge in [-0.3, -0.25) is 9.35 Å². The van der Waals surface area contributed by atoms with E-state index < -0.39 is 22.0 Å². The number of benzene rings is 2. The highest BCUT2D eigenvalue weighted by atomic mass is 32.2. The molecule has 0 bridgehead atoms. The molecule has 2 rings (SSSR count). The fraction of sp³-hybridized carbons (Fsp3) is 0.400. The number of carboxylic acids is 1. The van der Waals surface area contributed by atoms with E-state index in [4.69, 9.17) is 4.55 Å². The van der Waals surface area contributed by atoms with Crippen LogP contribution in [0.1, 0.15) is 68.9 Å². The van der Waals surface area contributed by atoms with Crippen molar-refractivity contribution < 1.29 is 22.9 Å². The van der Waals surface area contributed by atoms with E-state index in [-0.39, 0.29) is 10.8 Å². The molecule has 2 aromatic rings. The first-order valence-electron chi connectivity index (χ1n) is 10.7. The molecule has 0 saturated heterocycles. The molecule has 3 atom stereocenters. The van der Waals surface area contributed by atoms with Gasteiger partial charge in [-0.15, -0.1) is 0 Å². The van der Waals surface area contributed by atoms with Crippen molar-refractivity contribution in [2.24, 2.45) is 5.92 Å². The van der Waals surface area contributed by atoms with Crippen LogP contribution in [-0.2, 0) is 14.9 Å². The van der Waals surface area contributed by atoms with E-state index in [1.54, 1.807) is 12.1 Å². The van der Waals surface area contributed by atoms with Crippen LogP contribution < -0.4 is 0 Å². The van der Waals surface area contributed by atoms with Crippen molar-refractivity contribution in [3.05, 3.63) is 77.9 Å². The van der Waals surface area contributed by atoms with Gasteiger partial charge < -0.3 is 5.11 Å². The van der Waals surface area contributed by atoms with Gasteiger partial charge in [0, 0.05) is 0 Å². The van der Waals surface area contributed by atoms with Crippen LogP contribution in [-0.4, -0.2) is 24.0 Å². The number of allylic oxidation sites excluding steroid dienone is 2. The average molecular weight is 445 g/mol. The molecule has 0 aliphatic rings. The van der Waals surface area contributed by atoms with Crippen molar-refractivity contribution in [3.63, 3.8) is 0 Å². The highest BCUT2D eigenvalue weighted by Gasteiger charge is 2.21. The minimum atomic E-state index is -4.23. The Hall–Kier alpha value is -2.44. The van der Waals surface area contributed by atoms with E-state index in [1.807, 2.05) is 13.0 Å². The topological polar surface area (TPSA) is 91.7 Å². The van der Waals surface area contributed by atoms with Crippen molar-refractivity contribution in [3.8, 4) is 0 Å². The van der Waals surface area contributed by atoms with Crippen molar-refractivity contribution in [1.29, 1.82) is 0 Å². The summed E-state index contributed by atoms with van der Waals surface area (Å²) in [5.74, 6) is -0.857. The molecule has 0 amide bonds. The van der Waals surface area contributed by atoms with E-state index in [0.717, 1.165) is 18.4 Å². The first-order valence-corrected chi connectivity index (χ1v) is 12.2. The summed E-state index contributed by atoms with van der Waals surface area (Å²) in [6.45, 7) is 4.11. The van der Waals surface area contributed by atoms with Gasteiger partial charge in [-0.25, -0.2) is 0 Å². The lowest BCUT2D eigenvalue weighted by Gasteiger charge is -2.18. The smallest absolute Gasteiger partial charge is 0.306 e. The van der Waals surface area contributed by atoms with Gasteiger partial charge in [0.2, 0.25) is 0 Å². The summed E-state index contributed by atoms with van der Waals surface area (Å²) < 4.78 is 31.4. The summed E-state index contributed by atoms with van der Waals surface area (Å²) in [4.78, 5) is 11.6. The third-order valence-electron chi connectivity index (χ3n) is 5.77. The zero-order valence-corrected chi connectivity index (χ0v) is 19.0. The molecule has 2 N–H and O–H groups in total. The Bertz CT molecular complexity index is 949. The number of hydrogen-bond donors (Lipinski definition) is 2. The third kappa shape index (κ3) is 7.96. The van der Waals surface area contributed by atoms with E-state index in [9.17, 15) is 18.3 Å². The molecule has 0 spiro atoms. The van der Waals surface area contributed by atoms with Crippen LogP contribution in [0, 0.1) is 5.92 Å². The molecular formula is C25H32O5S. The molecule has 5 nitrogen and oxygen atoms in total. The molecule has 0 aliphatic heterocycles. The van der Waals surface area contributed by atoms with Crippen LogP contribution in [0.15, 0.2) is 71.6 Å². The second kappa shape index (κ2) is 11.8. The van der Waals surface area contributed by atoms with Gasteiger partial charge in [0.05, 0.1) is 10.8 Å². The number of carbonyl (C=O) groups is 1. The Morgan fingerprint density at radius 3 is 2.19 bits per heavy atom. The Morgan fingerprint density at radius 1 is 1.00 bits per heavy atom. The van der Waals surface area contributed by atoms with Crippen molar-refractivity contribution >= 4 is 16.1 Å². The molecule has 6 heteroatoms. The third-order valence-corrected chi connectivity index (χ3v) is 6.64. The maximum Gasteiger partial charge on any atom is 0.306 e. The van der Waals surface area contributed by atoms with Crippen LogP contribution in [0.25, 0.3) is 0 Å². The quantitative estimate of drug-likeness (QED) is 0.307. The standard InChI is InChI=1S/C25H32O5S/c1-3-20(22-11-7-5-8-12-22)10-6-4-9-13-23(25(26)27)18-19(2)21-14-16-24(17-15-21)31(28,29)30/h4-8,11-12,14-17,19-20,23H,3,9-10,13,18H2,1-2H3,(H,26,27)(H,28,29,30)/b6-4+. The first-order chi connectivity index (χ1) is 14.7. The lowest BCUT2D eigenvalue weighted by atomic mass is 9.87. The lowest BCUT2D eigenvalue weighted by molar-refractivity contribution is -0.142. The van der Waals surface area contributed by atoms with E-state index in [2.05, 4.69) is 43.3 Å². The summed E-state index contributed by atoms with van der Waals surface area (Å²) >= 11 is 0. The first kappa shape index (κ1) is 24.8. The number of carboxylic acid groups (broad SMARTS) is 1. The molecule has 0 heterocycles. The number of rotatable bonds is 12. The summed E-state index contributed by atoms with van der Waals surface area (Å²) in [5, 5.41) is 9.61. The lowest BCUT2D eigenvalue weighted by Crippen LogP contribution is -2.16. The van der Waals surface area contributed by atoms with Crippen LogP contribution in [0.4, 0.5) is 0 Å². The highest BCUT2D eigenvalue weighted by molar-refractivity contribution is 7.85. The fourth-order valence-electron chi connectivity index (χ4n) is 3.81. The van der Waals surface area contributed by atoms with E-state index >= 15 is 0 Å². The predicted octanol–water partition coefficient (Wildman–Crippen LogP) is 6.05. The Morgan fingerprint density at radius 2 is 1.65 bits per heavy atom. The maximum atomic E-state index is 11.7. The molecule has 31 heavy (non-hydrogen) atoms. The fourth-order valence-corrected chi connectivity index (χ4v) is 4.29. The second-order valence-corrected chi connectivity index (χ2v) is 9.44. The summed E-state index contributed by atoms with van der Waals surface area (Å²) in [7, 11) is -4.23. The summed E-state index contributed by atoms with van der Waals surface area (Å²) in [6.07, 6.45) is 7.95. The molecule has 2 aromatic carbocycles. The Labute approximate surface area is 185 Å². The van der Waals surface area contributed by atoms with Gasteiger partial charge in [0.1, 0.15) is 0 Å². The maximum absolute atomic E-state index is 11.7. The minimum Gasteiger partial charge on any atom is -0.481 e. The molecule has 168 valence electrons. The van der Waals surface area contributed by atoms with Gasteiger partial charge in [-0.05, 0) is 67.2 Å². The Kier molecular flexibility index (Phi) is 9.46. The molecule has 0 aliphatic carbocycles. The molecular weight excluding hydrogens is 412 g/mol. The summed E-state index contributed by atoms with van der Waals surface area (Å²) in [6, 6.07) is 16.4. The highest BCUT2D eigenvalue weighted by Crippen LogP contribution is 2.28. The predicted molar refractivity (Wildman–Crippen MR) is 123 cm³/mol. The normalized spacial score (nSPS) is 14.9. The van der Waals surface area contributed by atoms with E-state index in [1.165, 1.54) is 17.7 Å². The van der Waals surface area contributed by atoms with Crippen molar-refractivity contribution in [2.45, 2.75) is 62.7 Å². The zero-order valence-electron chi connectivity index (χ0n) is 18.1. The second-order valence-electron chi connectivity index (χ2n) is 8.02. The van der Waals surface area contributed by atoms with Crippen molar-refractivity contribution in [2.75, 3.05) is 0 Å². The number of hydrogen-bond acceptors (Lipinski definition) is 3. The minimum absolute atomic E-state index is 0.0388. The van der Waals surface area contributed by atoms with Gasteiger partial charge in [0.15, 0.2) is 0 Å². The monoisotopic (exact) mass is 444 g/mol. The van der Waals surface area contributed by atoms with Crippen LogP contribution in [0.3, 0.4) is 0 Å². The van der Waals surface area contributed by atoms with Crippen LogP contribution in [0.2, 0.25) is 0 Å². The van der Waals surface area contributed by atoms with Crippen LogP contribution >= 0.6 is 0 Å². The Balaban J connectivity index is 1.88. The molecule has 0 aromatic heterocycles.